The number of rotatable bonds is 3. The number of carbonyl (C=O) groups is 1. The molecule has 2 N–H and O–H groups in total. The first-order valence-corrected chi connectivity index (χ1v) is 8.09. The number of fused-ring (bicyclic) bond motifs is 1. The van der Waals surface area contributed by atoms with Crippen molar-refractivity contribution in [2.45, 2.75) is 25.5 Å². The van der Waals surface area contributed by atoms with Crippen LogP contribution in [-0.2, 0) is 6.42 Å². The molecule has 0 fully saturated rings. The second-order valence-corrected chi connectivity index (χ2v) is 6.13. The third-order valence-electron chi connectivity index (χ3n) is 4.39. The van der Waals surface area contributed by atoms with E-state index < -0.39 is 12.1 Å². The number of hydrogen-bond acceptors (Lipinski definition) is 5. The molecule has 0 saturated carbocycles. The van der Waals surface area contributed by atoms with Gasteiger partial charge < -0.3 is 14.8 Å². The van der Waals surface area contributed by atoms with Gasteiger partial charge in [-0.3, -0.25) is 4.79 Å². The summed E-state index contributed by atoms with van der Waals surface area (Å²) < 4.78 is 5.41. The zero-order valence-electron chi connectivity index (χ0n) is 13.6. The molecule has 1 aliphatic carbocycles. The molecule has 1 heterocycles. The zero-order chi connectivity index (χ0) is 17.4. The summed E-state index contributed by atoms with van der Waals surface area (Å²) in [5, 5.41) is 21.0. The Morgan fingerprint density at radius 3 is 2.84 bits per heavy atom. The molecule has 6 heteroatoms. The lowest BCUT2D eigenvalue weighted by atomic mass is 10.1. The Bertz CT molecular complexity index is 935. The number of benzene rings is 2. The van der Waals surface area contributed by atoms with Crippen LogP contribution < -0.4 is 5.32 Å². The van der Waals surface area contributed by atoms with E-state index in [4.69, 9.17) is 4.42 Å². The van der Waals surface area contributed by atoms with E-state index in [0.717, 1.165) is 11.1 Å². The SMILES string of the molecule is Cc1nnc(-c2cccc(C(=O)NC3c4ccccc4CC3O)c2)o1. The van der Waals surface area contributed by atoms with E-state index in [1.165, 1.54) is 0 Å². The number of aromatic nitrogens is 2. The summed E-state index contributed by atoms with van der Waals surface area (Å²) in [5.74, 6) is 0.591. The standard InChI is InChI=1S/C19H17N3O3/c1-11-21-22-19(25-11)14-7-4-6-13(9-14)18(24)20-17-15-8-3-2-5-12(15)10-16(17)23/h2-9,16-17,23H,10H2,1H3,(H,20,24). The summed E-state index contributed by atoms with van der Waals surface area (Å²) in [7, 11) is 0. The molecule has 25 heavy (non-hydrogen) atoms. The molecule has 2 atom stereocenters. The van der Waals surface area contributed by atoms with Gasteiger partial charge in [-0.2, -0.15) is 0 Å². The predicted octanol–water partition coefficient (Wildman–Crippen LogP) is 2.43. The van der Waals surface area contributed by atoms with Gasteiger partial charge in [-0.25, -0.2) is 0 Å². The van der Waals surface area contributed by atoms with E-state index in [1.54, 1.807) is 25.1 Å². The lowest BCUT2D eigenvalue weighted by molar-refractivity contribution is 0.0858. The van der Waals surface area contributed by atoms with E-state index in [1.807, 2.05) is 30.3 Å². The maximum atomic E-state index is 12.7. The molecule has 0 radical (unpaired) electrons. The number of nitrogens with one attached hydrogen (secondary N) is 1. The van der Waals surface area contributed by atoms with E-state index in [0.29, 0.717) is 29.3 Å². The Morgan fingerprint density at radius 2 is 2.04 bits per heavy atom. The fourth-order valence-corrected chi connectivity index (χ4v) is 3.18. The third kappa shape index (κ3) is 2.92. The Hall–Kier alpha value is -2.99. The maximum Gasteiger partial charge on any atom is 0.251 e. The van der Waals surface area contributed by atoms with Gasteiger partial charge in [-0.05, 0) is 29.3 Å². The summed E-state index contributed by atoms with van der Waals surface area (Å²) in [5.41, 5.74) is 3.19. The van der Waals surface area contributed by atoms with Gasteiger partial charge in [0.25, 0.3) is 5.91 Å². The van der Waals surface area contributed by atoms with Gasteiger partial charge in [-0.15, -0.1) is 10.2 Å². The monoisotopic (exact) mass is 335 g/mol. The summed E-state index contributed by atoms with van der Waals surface area (Å²) in [4.78, 5) is 12.7. The minimum absolute atomic E-state index is 0.251. The fraction of sp³-hybridized carbons (Fsp3) is 0.211. The van der Waals surface area contributed by atoms with Crippen LogP contribution in [0.1, 0.15) is 33.4 Å². The second kappa shape index (κ2) is 6.14. The van der Waals surface area contributed by atoms with Gasteiger partial charge in [0.15, 0.2) is 0 Å². The lowest BCUT2D eigenvalue weighted by Gasteiger charge is -2.18. The van der Waals surface area contributed by atoms with Gasteiger partial charge in [0.2, 0.25) is 11.8 Å². The Balaban J connectivity index is 1.58. The number of nitrogens with zero attached hydrogens (tertiary/aromatic N) is 2. The van der Waals surface area contributed by atoms with Crippen molar-refractivity contribution < 1.29 is 14.3 Å². The Kier molecular flexibility index (Phi) is 3.82. The molecule has 1 aromatic heterocycles. The molecule has 4 rings (SSSR count). The number of aliphatic hydroxyl groups is 1. The van der Waals surface area contributed by atoms with Crippen LogP contribution in [0, 0.1) is 6.92 Å². The van der Waals surface area contributed by atoms with Crippen LogP contribution in [0.3, 0.4) is 0 Å². The summed E-state index contributed by atoms with van der Waals surface area (Å²) in [6, 6.07) is 14.4. The van der Waals surface area contributed by atoms with Gasteiger partial charge in [0.05, 0.1) is 12.1 Å². The fourth-order valence-electron chi connectivity index (χ4n) is 3.18. The number of aryl methyl sites for hydroxylation is 1. The molecule has 6 nitrogen and oxygen atoms in total. The molecule has 1 amide bonds. The van der Waals surface area contributed by atoms with Crippen LogP contribution >= 0.6 is 0 Å². The predicted molar refractivity (Wildman–Crippen MR) is 90.8 cm³/mol. The molecule has 126 valence electrons. The normalized spacial score (nSPS) is 18.8. The zero-order valence-corrected chi connectivity index (χ0v) is 13.6. The number of carbonyl (C=O) groups excluding carboxylic acids is 1. The van der Waals surface area contributed by atoms with Crippen LogP contribution in [-0.4, -0.2) is 27.3 Å². The van der Waals surface area contributed by atoms with Crippen molar-refractivity contribution in [1.29, 1.82) is 0 Å². The Labute approximate surface area is 144 Å². The van der Waals surface area contributed by atoms with Gasteiger partial charge in [0.1, 0.15) is 0 Å². The van der Waals surface area contributed by atoms with Crippen LogP contribution in [0.25, 0.3) is 11.5 Å². The number of aliphatic hydroxyl groups excluding tert-OH is 1. The smallest absolute Gasteiger partial charge is 0.251 e. The van der Waals surface area contributed by atoms with Crippen molar-refractivity contribution >= 4 is 5.91 Å². The average Bonchev–Trinajstić information content (AvgIpc) is 3.19. The second-order valence-electron chi connectivity index (χ2n) is 6.13. The molecule has 1 aliphatic rings. The van der Waals surface area contributed by atoms with Crippen LogP contribution in [0.4, 0.5) is 0 Å². The first-order valence-electron chi connectivity index (χ1n) is 8.09. The minimum atomic E-state index is -0.622. The van der Waals surface area contributed by atoms with Crippen molar-refractivity contribution in [2.24, 2.45) is 0 Å². The summed E-state index contributed by atoms with van der Waals surface area (Å²) >= 11 is 0. The van der Waals surface area contributed by atoms with Crippen molar-refractivity contribution in [3.05, 3.63) is 71.1 Å². The first kappa shape index (κ1) is 15.5. The van der Waals surface area contributed by atoms with Crippen LogP contribution in [0.5, 0.6) is 0 Å². The molecule has 2 unspecified atom stereocenters. The molecule has 2 aromatic carbocycles. The highest BCUT2D eigenvalue weighted by atomic mass is 16.4. The van der Waals surface area contributed by atoms with E-state index in [9.17, 15) is 9.90 Å². The van der Waals surface area contributed by atoms with Crippen molar-refractivity contribution in [3.8, 4) is 11.5 Å². The number of hydrogen-bond donors (Lipinski definition) is 2. The number of amides is 1. The minimum Gasteiger partial charge on any atom is -0.421 e. The molecule has 0 spiro atoms. The topological polar surface area (TPSA) is 88.2 Å². The van der Waals surface area contributed by atoms with Crippen molar-refractivity contribution in [1.82, 2.24) is 15.5 Å². The summed E-state index contributed by atoms with van der Waals surface area (Å²) in [6.45, 7) is 1.71. The molecule has 0 aliphatic heterocycles. The van der Waals surface area contributed by atoms with Crippen LogP contribution in [0.2, 0.25) is 0 Å². The van der Waals surface area contributed by atoms with E-state index in [2.05, 4.69) is 15.5 Å². The first-order chi connectivity index (χ1) is 12.1. The molecular formula is C19H17N3O3. The average molecular weight is 335 g/mol. The van der Waals surface area contributed by atoms with Crippen molar-refractivity contribution in [3.63, 3.8) is 0 Å². The van der Waals surface area contributed by atoms with E-state index in [-0.39, 0.29) is 5.91 Å². The largest absolute Gasteiger partial charge is 0.421 e. The maximum absolute atomic E-state index is 12.7. The molecule has 3 aromatic rings. The van der Waals surface area contributed by atoms with Gasteiger partial charge >= 0.3 is 0 Å². The quantitative estimate of drug-likeness (QED) is 0.767. The van der Waals surface area contributed by atoms with E-state index >= 15 is 0 Å². The summed E-state index contributed by atoms with van der Waals surface area (Å²) in [6.07, 6.45) is -0.0780. The highest BCUT2D eigenvalue weighted by Gasteiger charge is 2.32. The van der Waals surface area contributed by atoms with Gasteiger partial charge in [-0.1, -0.05) is 30.3 Å². The lowest BCUT2D eigenvalue weighted by Crippen LogP contribution is -2.33. The highest BCUT2D eigenvalue weighted by Crippen LogP contribution is 2.31. The Morgan fingerprint density at radius 1 is 1.20 bits per heavy atom. The third-order valence-corrected chi connectivity index (χ3v) is 4.39. The van der Waals surface area contributed by atoms with Gasteiger partial charge in [0, 0.05) is 24.5 Å². The highest BCUT2D eigenvalue weighted by molar-refractivity contribution is 5.95. The van der Waals surface area contributed by atoms with Crippen LogP contribution in [0.15, 0.2) is 52.9 Å². The molecule has 0 bridgehead atoms. The molecule has 0 saturated heterocycles. The molecular weight excluding hydrogens is 318 g/mol. The van der Waals surface area contributed by atoms with Crippen molar-refractivity contribution in [2.75, 3.05) is 0 Å².